The van der Waals surface area contributed by atoms with Gasteiger partial charge in [-0.15, -0.1) is 0 Å². The van der Waals surface area contributed by atoms with Crippen molar-refractivity contribution in [3.63, 3.8) is 0 Å². The van der Waals surface area contributed by atoms with E-state index in [9.17, 15) is 13.2 Å². The lowest BCUT2D eigenvalue weighted by Gasteiger charge is -2.10. The van der Waals surface area contributed by atoms with Crippen molar-refractivity contribution in [3.8, 4) is 5.75 Å². The molecule has 0 fully saturated rings. The van der Waals surface area contributed by atoms with Crippen LogP contribution < -0.4 is 14.8 Å². The standard InChI is InChI=1S/C28H26N2O4S/c31-28(24-12-7-13-26(20-24)34-19-18-22-8-3-1-4-9-22)30-25-14-16-27(17-15-25)35(32,33)29-21-23-10-5-2-6-11-23/h1-17,20,29H,18-19,21H2,(H,30,31). The van der Waals surface area contributed by atoms with Crippen LogP contribution in [0.1, 0.15) is 21.5 Å². The number of ether oxygens (including phenoxy) is 1. The fourth-order valence-electron chi connectivity index (χ4n) is 3.44. The molecule has 0 unspecified atom stereocenters. The average Bonchev–Trinajstić information content (AvgIpc) is 2.89. The summed E-state index contributed by atoms with van der Waals surface area (Å²) in [5.74, 6) is 0.302. The average molecular weight is 487 g/mol. The van der Waals surface area contributed by atoms with Gasteiger partial charge >= 0.3 is 0 Å². The first-order valence-electron chi connectivity index (χ1n) is 11.2. The van der Waals surface area contributed by atoms with Crippen LogP contribution in [-0.2, 0) is 23.0 Å². The summed E-state index contributed by atoms with van der Waals surface area (Å²) in [6, 6.07) is 32.4. The van der Waals surface area contributed by atoms with Gasteiger partial charge in [-0.3, -0.25) is 4.79 Å². The van der Waals surface area contributed by atoms with Crippen molar-refractivity contribution < 1.29 is 17.9 Å². The van der Waals surface area contributed by atoms with Crippen LogP contribution in [0.15, 0.2) is 114 Å². The summed E-state index contributed by atoms with van der Waals surface area (Å²) >= 11 is 0. The van der Waals surface area contributed by atoms with Crippen molar-refractivity contribution in [1.82, 2.24) is 4.72 Å². The first-order chi connectivity index (χ1) is 17.0. The number of sulfonamides is 1. The highest BCUT2D eigenvalue weighted by Crippen LogP contribution is 2.18. The number of carbonyl (C=O) groups excluding carboxylic acids is 1. The molecule has 2 N–H and O–H groups in total. The summed E-state index contributed by atoms with van der Waals surface area (Å²) in [5.41, 5.74) is 2.99. The Labute approximate surface area is 205 Å². The molecule has 4 aromatic carbocycles. The van der Waals surface area contributed by atoms with Gasteiger partial charge in [-0.2, -0.15) is 0 Å². The van der Waals surface area contributed by atoms with Crippen LogP contribution in [0.4, 0.5) is 5.69 Å². The molecule has 0 aliphatic rings. The number of rotatable bonds is 10. The van der Waals surface area contributed by atoms with Crippen molar-refractivity contribution in [3.05, 3.63) is 126 Å². The highest BCUT2D eigenvalue weighted by molar-refractivity contribution is 7.89. The topological polar surface area (TPSA) is 84.5 Å². The second kappa shape index (κ2) is 11.5. The Morgan fingerprint density at radius 2 is 1.40 bits per heavy atom. The van der Waals surface area contributed by atoms with Crippen molar-refractivity contribution in [2.24, 2.45) is 0 Å². The molecule has 178 valence electrons. The quantitative estimate of drug-likeness (QED) is 0.329. The van der Waals surface area contributed by atoms with Gasteiger partial charge in [0.05, 0.1) is 11.5 Å². The number of hydrogen-bond donors (Lipinski definition) is 2. The number of carbonyl (C=O) groups is 1. The maximum Gasteiger partial charge on any atom is 0.255 e. The van der Waals surface area contributed by atoms with Gasteiger partial charge in [0.2, 0.25) is 10.0 Å². The molecule has 7 heteroatoms. The van der Waals surface area contributed by atoms with E-state index in [4.69, 9.17) is 4.74 Å². The van der Waals surface area contributed by atoms with Crippen molar-refractivity contribution >= 4 is 21.6 Å². The molecule has 0 saturated heterocycles. The van der Waals surface area contributed by atoms with Gasteiger partial charge in [-0.1, -0.05) is 66.7 Å². The monoisotopic (exact) mass is 486 g/mol. The van der Waals surface area contributed by atoms with Crippen molar-refractivity contribution in [2.75, 3.05) is 11.9 Å². The molecule has 0 aliphatic carbocycles. The molecule has 0 atom stereocenters. The maximum atomic E-state index is 12.7. The number of hydrogen-bond acceptors (Lipinski definition) is 4. The summed E-state index contributed by atoms with van der Waals surface area (Å²) < 4.78 is 33.5. The Morgan fingerprint density at radius 1 is 0.743 bits per heavy atom. The zero-order valence-electron chi connectivity index (χ0n) is 19.1. The van der Waals surface area contributed by atoms with E-state index in [0.29, 0.717) is 23.6 Å². The Balaban J connectivity index is 1.32. The lowest BCUT2D eigenvalue weighted by atomic mass is 10.1. The highest BCUT2D eigenvalue weighted by atomic mass is 32.2. The summed E-state index contributed by atoms with van der Waals surface area (Å²) in [4.78, 5) is 12.8. The van der Waals surface area contributed by atoms with E-state index in [-0.39, 0.29) is 17.3 Å². The van der Waals surface area contributed by atoms with Crippen molar-refractivity contribution in [2.45, 2.75) is 17.9 Å². The molecule has 4 aromatic rings. The second-order valence-corrected chi connectivity index (χ2v) is 9.67. The summed E-state index contributed by atoms with van der Waals surface area (Å²) in [5, 5.41) is 2.79. The molecule has 0 saturated carbocycles. The molecule has 0 heterocycles. The molecule has 35 heavy (non-hydrogen) atoms. The molecule has 0 aliphatic heterocycles. The minimum Gasteiger partial charge on any atom is -0.493 e. The van der Waals surface area contributed by atoms with E-state index >= 15 is 0 Å². The maximum absolute atomic E-state index is 12.7. The lowest BCUT2D eigenvalue weighted by Crippen LogP contribution is -2.23. The third kappa shape index (κ3) is 7.02. The molecule has 0 radical (unpaired) electrons. The normalized spacial score (nSPS) is 11.1. The van der Waals surface area contributed by atoms with E-state index in [1.54, 1.807) is 30.3 Å². The van der Waals surface area contributed by atoms with Crippen LogP contribution in [0.3, 0.4) is 0 Å². The van der Waals surface area contributed by atoms with Gasteiger partial charge in [0.1, 0.15) is 5.75 Å². The van der Waals surface area contributed by atoms with Gasteiger partial charge in [0, 0.05) is 24.2 Å². The smallest absolute Gasteiger partial charge is 0.255 e. The van der Waals surface area contributed by atoms with Crippen LogP contribution in [0.2, 0.25) is 0 Å². The van der Waals surface area contributed by atoms with E-state index < -0.39 is 10.0 Å². The summed E-state index contributed by atoms with van der Waals surface area (Å²) in [7, 11) is -3.67. The van der Waals surface area contributed by atoms with Crippen LogP contribution in [0, 0.1) is 0 Å². The van der Waals surface area contributed by atoms with Gasteiger partial charge in [-0.05, 0) is 53.6 Å². The highest BCUT2D eigenvalue weighted by Gasteiger charge is 2.14. The molecular formula is C28H26N2O4S. The summed E-state index contributed by atoms with van der Waals surface area (Å²) in [6.07, 6.45) is 0.771. The number of benzene rings is 4. The third-order valence-corrected chi connectivity index (χ3v) is 6.75. The van der Waals surface area contributed by atoms with E-state index in [0.717, 1.165) is 12.0 Å². The predicted octanol–water partition coefficient (Wildman–Crippen LogP) is 5.04. The largest absolute Gasteiger partial charge is 0.493 e. The van der Waals surface area contributed by atoms with Crippen LogP contribution >= 0.6 is 0 Å². The molecule has 1 amide bonds. The van der Waals surface area contributed by atoms with Crippen LogP contribution in [-0.4, -0.2) is 20.9 Å². The Morgan fingerprint density at radius 3 is 2.09 bits per heavy atom. The van der Waals surface area contributed by atoms with Crippen LogP contribution in [0.5, 0.6) is 5.75 Å². The zero-order valence-corrected chi connectivity index (χ0v) is 19.9. The SMILES string of the molecule is O=C(Nc1ccc(S(=O)(=O)NCc2ccccc2)cc1)c1cccc(OCCc2ccccc2)c1. The predicted molar refractivity (Wildman–Crippen MR) is 137 cm³/mol. The molecule has 6 nitrogen and oxygen atoms in total. The van der Waals surface area contributed by atoms with Crippen molar-refractivity contribution in [1.29, 1.82) is 0 Å². The number of nitrogens with one attached hydrogen (secondary N) is 2. The Hall–Kier alpha value is -3.94. The lowest BCUT2D eigenvalue weighted by molar-refractivity contribution is 0.102. The Kier molecular flexibility index (Phi) is 7.92. The van der Waals surface area contributed by atoms with Gasteiger partial charge in [0.25, 0.3) is 5.91 Å². The first-order valence-corrected chi connectivity index (χ1v) is 12.7. The van der Waals surface area contributed by atoms with Crippen LogP contribution in [0.25, 0.3) is 0 Å². The zero-order chi connectivity index (χ0) is 24.5. The third-order valence-electron chi connectivity index (χ3n) is 5.33. The molecular weight excluding hydrogens is 460 g/mol. The minimum atomic E-state index is -3.67. The van der Waals surface area contributed by atoms with E-state index in [1.807, 2.05) is 66.7 Å². The fraction of sp³-hybridized carbons (Fsp3) is 0.107. The molecule has 0 aromatic heterocycles. The Bertz CT molecular complexity index is 1360. The fourth-order valence-corrected chi connectivity index (χ4v) is 4.45. The van der Waals surface area contributed by atoms with E-state index in [1.165, 1.54) is 17.7 Å². The molecule has 0 spiro atoms. The number of amides is 1. The van der Waals surface area contributed by atoms with Gasteiger partial charge in [-0.25, -0.2) is 13.1 Å². The van der Waals surface area contributed by atoms with Gasteiger partial charge < -0.3 is 10.1 Å². The molecule has 0 bridgehead atoms. The van der Waals surface area contributed by atoms with Gasteiger partial charge in [0.15, 0.2) is 0 Å². The number of anilines is 1. The summed E-state index contributed by atoms with van der Waals surface area (Å²) in [6.45, 7) is 0.703. The minimum absolute atomic E-state index is 0.125. The second-order valence-electron chi connectivity index (χ2n) is 7.90. The first kappa shape index (κ1) is 24.2. The van der Waals surface area contributed by atoms with E-state index in [2.05, 4.69) is 10.0 Å². The molecule has 4 rings (SSSR count).